The summed E-state index contributed by atoms with van der Waals surface area (Å²) in [6, 6.07) is 4.43. The minimum absolute atomic E-state index is 0.0410. The molecule has 2 rings (SSSR count). The van der Waals surface area contributed by atoms with Crippen molar-refractivity contribution in [3.8, 4) is 6.07 Å². The van der Waals surface area contributed by atoms with Gasteiger partial charge >= 0.3 is 0 Å². The van der Waals surface area contributed by atoms with Crippen molar-refractivity contribution in [2.75, 3.05) is 11.4 Å². The van der Waals surface area contributed by atoms with Crippen LogP contribution < -0.4 is 10.6 Å². The Morgan fingerprint density at radius 2 is 2.47 bits per heavy atom. The molecule has 1 saturated heterocycles. The molecule has 1 fully saturated rings. The van der Waals surface area contributed by atoms with Crippen molar-refractivity contribution in [1.82, 2.24) is 4.98 Å². The van der Waals surface area contributed by atoms with Crippen molar-refractivity contribution in [3.63, 3.8) is 0 Å². The summed E-state index contributed by atoms with van der Waals surface area (Å²) < 4.78 is 13.3. The van der Waals surface area contributed by atoms with Crippen LogP contribution in [-0.4, -0.2) is 29.6 Å². The van der Waals surface area contributed by atoms with Gasteiger partial charge in [-0.15, -0.1) is 0 Å². The van der Waals surface area contributed by atoms with Crippen molar-refractivity contribution in [2.24, 2.45) is 5.73 Å². The second kappa shape index (κ2) is 4.37. The highest BCUT2D eigenvalue weighted by Crippen LogP contribution is 2.27. The number of nitrogens with zero attached hydrogens (tertiary/aromatic N) is 3. The third-order valence-electron chi connectivity index (χ3n) is 2.76. The van der Waals surface area contributed by atoms with Crippen LogP contribution in [0.1, 0.15) is 12.0 Å². The molecule has 6 heteroatoms. The molecule has 0 bridgehead atoms. The minimum atomic E-state index is -1.12. The standard InChI is InChI=1S/C11H11FN4O/c12-8-4-9(10(14)17)16(6-8)11-7(5-13)2-1-3-15-11/h1-3,8-9H,4,6H2,(H2,14,17)/t8-,9+/m1/s1. The number of pyridine rings is 1. The number of primary amides is 1. The summed E-state index contributed by atoms with van der Waals surface area (Å²) in [5.41, 5.74) is 5.53. The van der Waals surface area contributed by atoms with Crippen LogP contribution >= 0.6 is 0 Å². The van der Waals surface area contributed by atoms with E-state index < -0.39 is 18.1 Å². The van der Waals surface area contributed by atoms with Crippen molar-refractivity contribution in [1.29, 1.82) is 5.26 Å². The molecular formula is C11H11FN4O. The van der Waals surface area contributed by atoms with Gasteiger partial charge in [0.05, 0.1) is 12.1 Å². The van der Waals surface area contributed by atoms with Crippen molar-refractivity contribution in [2.45, 2.75) is 18.6 Å². The van der Waals surface area contributed by atoms with E-state index in [-0.39, 0.29) is 13.0 Å². The summed E-state index contributed by atoms with van der Waals surface area (Å²) in [6.07, 6.45) is 0.428. The number of nitriles is 1. The van der Waals surface area contributed by atoms with E-state index >= 15 is 0 Å². The van der Waals surface area contributed by atoms with Crippen LogP contribution in [0.4, 0.5) is 10.2 Å². The van der Waals surface area contributed by atoms with E-state index in [1.165, 1.54) is 11.1 Å². The van der Waals surface area contributed by atoms with Crippen LogP contribution in [0.3, 0.4) is 0 Å². The molecule has 88 valence electrons. The molecule has 1 aliphatic heterocycles. The van der Waals surface area contributed by atoms with Gasteiger partial charge in [-0.25, -0.2) is 9.37 Å². The lowest BCUT2D eigenvalue weighted by Crippen LogP contribution is -2.41. The average Bonchev–Trinajstić information content (AvgIpc) is 2.71. The van der Waals surface area contributed by atoms with Crippen LogP contribution in [0.2, 0.25) is 0 Å². The topological polar surface area (TPSA) is 83.0 Å². The number of halogens is 1. The minimum Gasteiger partial charge on any atom is -0.368 e. The number of alkyl halides is 1. The van der Waals surface area contributed by atoms with Crippen molar-refractivity contribution < 1.29 is 9.18 Å². The number of rotatable bonds is 2. The predicted octanol–water partition coefficient (Wildman–Crippen LogP) is 0.355. The van der Waals surface area contributed by atoms with Gasteiger partial charge in [-0.05, 0) is 12.1 Å². The van der Waals surface area contributed by atoms with Crippen LogP contribution in [0.15, 0.2) is 18.3 Å². The SMILES string of the molecule is N#Cc1cccnc1N1C[C@H](F)C[C@H]1C(N)=O. The highest BCUT2D eigenvalue weighted by molar-refractivity contribution is 5.84. The monoisotopic (exact) mass is 234 g/mol. The van der Waals surface area contributed by atoms with E-state index in [9.17, 15) is 9.18 Å². The zero-order chi connectivity index (χ0) is 12.4. The van der Waals surface area contributed by atoms with Gasteiger partial charge in [0.2, 0.25) is 5.91 Å². The third-order valence-corrected chi connectivity index (χ3v) is 2.76. The highest BCUT2D eigenvalue weighted by atomic mass is 19.1. The second-order valence-corrected chi connectivity index (χ2v) is 3.89. The molecule has 0 radical (unpaired) electrons. The molecule has 0 unspecified atom stereocenters. The molecule has 2 heterocycles. The van der Waals surface area contributed by atoms with Crippen molar-refractivity contribution >= 4 is 11.7 Å². The van der Waals surface area contributed by atoms with Gasteiger partial charge in [0.15, 0.2) is 0 Å². The number of aromatic nitrogens is 1. The number of anilines is 1. The largest absolute Gasteiger partial charge is 0.368 e. The molecule has 2 atom stereocenters. The lowest BCUT2D eigenvalue weighted by Gasteiger charge is -2.23. The number of amides is 1. The Morgan fingerprint density at radius 3 is 3.12 bits per heavy atom. The van der Waals surface area contributed by atoms with Crippen LogP contribution in [-0.2, 0) is 4.79 Å². The molecule has 0 spiro atoms. The molecule has 1 aromatic rings. The summed E-state index contributed by atoms with van der Waals surface area (Å²) in [6.45, 7) is 0.0410. The molecule has 17 heavy (non-hydrogen) atoms. The fourth-order valence-electron chi connectivity index (χ4n) is 2.00. The Bertz CT molecular complexity index is 485. The molecule has 0 aromatic carbocycles. The first-order valence-electron chi connectivity index (χ1n) is 5.18. The summed E-state index contributed by atoms with van der Waals surface area (Å²) in [5.74, 6) is -0.279. The quantitative estimate of drug-likeness (QED) is 0.800. The van der Waals surface area contributed by atoms with Crippen LogP contribution in [0.5, 0.6) is 0 Å². The fourth-order valence-corrected chi connectivity index (χ4v) is 2.00. The maximum absolute atomic E-state index is 13.3. The van der Waals surface area contributed by atoms with Gasteiger partial charge in [-0.3, -0.25) is 4.79 Å². The van der Waals surface area contributed by atoms with Gasteiger partial charge < -0.3 is 10.6 Å². The molecule has 1 aliphatic rings. The number of hydrogen-bond donors (Lipinski definition) is 1. The van der Waals surface area contributed by atoms with Gasteiger partial charge in [-0.1, -0.05) is 0 Å². The maximum Gasteiger partial charge on any atom is 0.240 e. The molecule has 1 aromatic heterocycles. The van der Waals surface area contributed by atoms with Gasteiger partial charge in [0, 0.05) is 12.6 Å². The molecule has 0 saturated carbocycles. The Morgan fingerprint density at radius 1 is 1.71 bits per heavy atom. The van der Waals surface area contributed by atoms with Gasteiger partial charge in [0.25, 0.3) is 0 Å². The zero-order valence-electron chi connectivity index (χ0n) is 9.01. The van der Waals surface area contributed by atoms with Gasteiger partial charge in [0.1, 0.15) is 24.1 Å². The molecule has 1 amide bonds. The number of nitrogens with two attached hydrogens (primary N) is 1. The average molecular weight is 234 g/mol. The Labute approximate surface area is 97.7 Å². The van der Waals surface area contributed by atoms with Crippen molar-refractivity contribution in [3.05, 3.63) is 23.9 Å². The van der Waals surface area contributed by atoms with E-state index in [4.69, 9.17) is 11.0 Å². The van der Waals surface area contributed by atoms with E-state index in [1.807, 2.05) is 6.07 Å². The van der Waals surface area contributed by atoms with E-state index in [0.717, 1.165) is 0 Å². The third kappa shape index (κ3) is 2.04. The Balaban J connectivity index is 2.39. The second-order valence-electron chi connectivity index (χ2n) is 3.89. The predicted molar refractivity (Wildman–Crippen MR) is 58.8 cm³/mol. The smallest absolute Gasteiger partial charge is 0.240 e. The lowest BCUT2D eigenvalue weighted by molar-refractivity contribution is -0.119. The highest BCUT2D eigenvalue weighted by Gasteiger charge is 2.37. The Kier molecular flexibility index (Phi) is 2.91. The normalized spacial score (nSPS) is 23.4. The first-order valence-corrected chi connectivity index (χ1v) is 5.18. The number of hydrogen-bond acceptors (Lipinski definition) is 4. The summed E-state index contributed by atoms with van der Waals surface area (Å²) in [4.78, 5) is 16.7. The summed E-state index contributed by atoms with van der Waals surface area (Å²) in [5, 5.41) is 8.94. The molecule has 2 N–H and O–H groups in total. The first-order chi connectivity index (χ1) is 8.13. The van der Waals surface area contributed by atoms with Crippen LogP contribution in [0.25, 0.3) is 0 Å². The number of carbonyl (C=O) groups is 1. The Hall–Kier alpha value is -2.16. The molecule has 0 aliphatic carbocycles. The van der Waals surface area contributed by atoms with E-state index in [0.29, 0.717) is 11.4 Å². The molecule has 5 nitrogen and oxygen atoms in total. The lowest BCUT2D eigenvalue weighted by atomic mass is 10.2. The van der Waals surface area contributed by atoms with E-state index in [1.54, 1.807) is 12.1 Å². The molecular weight excluding hydrogens is 223 g/mol. The maximum atomic E-state index is 13.3. The first kappa shape index (κ1) is 11.3. The van der Waals surface area contributed by atoms with E-state index in [2.05, 4.69) is 4.98 Å². The summed E-state index contributed by atoms with van der Waals surface area (Å²) >= 11 is 0. The zero-order valence-corrected chi connectivity index (χ0v) is 9.01. The fraction of sp³-hybridized carbons (Fsp3) is 0.364. The number of carbonyl (C=O) groups excluding carboxylic acids is 1. The van der Waals surface area contributed by atoms with Gasteiger partial charge in [-0.2, -0.15) is 5.26 Å². The summed E-state index contributed by atoms with van der Waals surface area (Å²) in [7, 11) is 0. The van der Waals surface area contributed by atoms with Crippen LogP contribution in [0, 0.1) is 11.3 Å².